The molecule has 0 radical (unpaired) electrons. The van der Waals surface area contributed by atoms with E-state index in [0.717, 1.165) is 21.7 Å². The molecule has 0 aliphatic rings. The van der Waals surface area contributed by atoms with Crippen LogP contribution in [0, 0.1) is 0 Å². The van der Waals surface area contributed by atoms with Crippen LogP contribution in [-0.4, -0.2) is 17.0 Å². The van der Waals surface area contributed by atoms with Gasteiger partial charge in [0.15, 0.2) is 0 Å². The molecule has 140 valence electrons. The smallest absolute Gasteiger partial charge is 0.145 e. The molecule has 0 aliphatic heterocycles. The first-order chi connectivity index (χ1) is 14.3. The van der Waals surface area contributed by atoms with Crippen molar-refractivity contribution in [2.24, 2.45) is 0 Å². The second-order valence-corrected chi connectivity index (χ2v) is 7.72. The number of rotatable bonds is 4. The summed E-state index contributed by atoms with van der Waals surface area (Å²) in [6.07, 6.45) is 1.65. The van der Waals surface area contributed by atoms with E-state index in [4.69, 9.17) is 0 Å². The number of hydrogen-bond acceptors (Lipinski definition) is 4. The fourth-order valence-corrected chi connectivity index (χ4v) is 4.48. The summed E-state index contributed by atoms with van der Waals surface area (Å²) in [7, 11) is 2.05. The van der Waals surface area contributed by atoms with Crippen LogP contribution in [0.2, 0.25) is 0 Å². The van der Waals surface area contributed by atoms with Crippen LogP contribution in [0.1, 0.15) is 0 Å². The van der Waals surface area contributed by atoms with Crippen molar-refractivity contribution in [2.45, 2.75) is 0 Å². The molecular weight excluding hydrogens is 374 g/mol. The standard InChI is InChI=1S/C25H19N3S/c1-28(21-10-6-3-7-11-21)24-23-22(16-29-25(23)27-17-26-24)20-14-12-19(13-15-20)18-8-4-2-5-9-18/h2-17H,1H3. The maximum absolute atomic E-state index is 4.63. The molecule has 0 unspecified atom stereocenters. The van der Waals surface area contributed by atoms with Crippen molar-refractivity contribution in [3.8, 4) is 22.3 Å². The molecule has 3 aromatic carbocycles. The van der Waals surface area contributed by atoms with Crippen LogP contribution in [0.25, 0.3) is 32.5 Å². The zero-order valence-corrected chi connectivity index (χ0v) is 16.8. The summed E-state index contributed by atoms with van der Waals surface area (Å²) in [4.78, 5) is 12.3. The molecule has 0 atom stereocenters. The van der Waals surface area contributed by atoms with Crippen LogP contribution in [0.3, 0.4) is 0 Å². The Morgan fingerprint density at radius 1 is 0.690 bits per heavy atom. The highest BCUT2D eigenvalue weighted by Gasteiger charge is 2.16. The van der Waals surface area contributed by atoms with E-state index in [1.165, 1.54) is 22.3 Å². The summed E-state index contributed by atoms with van der Waals surface area (Å²) in [6, 6.07) is 29.5. The van der Waals surface area contributed by atoms with Crippen LogP contribution in [-0.2, 0) is 0 Å². The minimum Gasteiger partial charge on any atom is -0.329 e. The van der Waals surface area contributed by atoms with E-state index in [2.05, 4.69) is 88.0 Å². The lowest BCUT2D eigenvalue weighted by Gasteiger charge is -2.19. The third kappa shape index (κ3) is 3.28. The van der Waals surface area contributed by atoms with Crippen molar-refractivity contribution >= 4 is 33.1 Å². The average molecular weight is 394 g/mol. The van der Waals surface area contributed by atoms with Gasteiger partial charge in [0.25, 0.3) is 0 Å². The van der Waals surface area contributed by atoms with Crippen molar-refractivity contribution in [1.82, 2.24) is 9.97 Å². The van der Waals surface area contributed by atoms with Gasteiger partial charge in [-0.2, -0.15) is 0 Å². The van der Waals surface area contributed by atoms with Crippen molar-refractivity contribution in [3.63, 3.8) is 0 Å². The van der Waals surface area contributed by atoms with Crippen LogP contribution in [0.4, 0.5) is 11.5 Å². The number of benzene rings is 3. The molecule has 2 aromatic heterocycles. The summed E-state index contributed by atoms with van der Waals surface area (Å²) in [5.74, 6) is 0.921. The number of nitrogens with zero attached hydrogens (tertiary/aromatic N) is 3. The van der Waals surface area contributed by atoms with E-state index >= 15 is 0 Å². The minimum atomic E-state index is 0.921. The van der Waals surface area contributed by atoms with Crippen LogP contribution >= 0.6 is 11.3 Å². The number of fused-ring (bicyclic) bond motifs is 1. The van der Waals surface area contributed by atoms with Crippen molar-refractivity contribution in [1.29, 1.82) is 0 Å². The molecule has 5 rings (SSSR count). The molecule has 0 saturated carbocycles. The summed E-state index contributed by atoms with van der Waals surface area (Å²) in [5, 5.41) is 3.27. The molecule has 0 saturated heterocycles. The van der Waals surface area contributed by atoms with Crippen molar-refractivity contribution in [3.05, 3.63) is 96.6 Å². The minimum absolute atomic E-state index is 0.921. The van der Waals surface area contributed by atoms with Crippen LogP contribution < -0.4 is 4.90 Å². The molecular formula is C25H19N3S. The van der Waals surface area contributed by atoms with Crippen molar-refractivity contribution < 1.29 is 0 Å². The van der Waals surface area contributed by atoms with Crippen LogP contribution in [0.5, 0.6) is 0 Å². The molecule has 0 aliphatic carbocycles. The molecule has 0 amide bonds. The summed E-state index contributed by atoms with van der Waals surface area (Å²) in [6.45, 7) is 0. The maximum Gasteiger partial charge on any atom is 0.145 e. The maximum atomic E-state index is 4.63. The first kappa shape index (κ1) is 17.6. The topological polar surface area (TPSA) is 29.0 Å². The Kier molecular flexibility index (Phi) is 4.54. The van der Waals surface area contributed by atoms with E-state index in [9.17, 15) is 0 Å². The van der Waals surface area contributed by atoms with Gasteiger partial charge in [0.2, 0.25) is 0 Å². The lowest BCUT2D eigenvalue weighted by atomic mass is 10.0. The van der Waals surface area contributed by atoms with Gasteiger partial charge in [-0.3, -0.25) is 0 Å². The van der Waals surface area contributed by atoms with E-state index < -0.39 is 0 Å². The van der Waals surface area contributed by atoms with E-state index in [-0.39, 0.29) is 0 Å². The molecule has 0 N–H and O–H groups in total. The Morgan fingerprint density at radius 2 is 1.31 bits per heavy atom. The first-order valence-corrected chi connectivity index (χ1v) is 10.4. The second kappa shape index (κ2) is 7.49. The Morgan fingerprint density at radius 3 is 2.03 bits per heavy atom. The number of aromatic nitrogens is 2. The van der Waals surface area contributed by atoms with Crippen molar-refractivity contribution in [2.75, 3.05) is 11.9 Å². The fraction of sp³-hybridized carbons (Fsp3) is 0.0400. The highest BCUT2D eigenvalue weighted by molar-refractivity contribution is 7.17. The van der Waals surface area contributed by atoms with Gasteiger partial charge in [0.05, 0.1) is 5.39 Å². The molecule has 4 heteroatoms. The molecule has 29 heavy (non-hydrogen) atoms. The second-order valence-electron chi connectivity index (χ2n) is 6.86. The predicted octanol–water partition coefficient (Wildman–Crippen LogP) is 6.79. The summed E-state index contributed by atoms with van der Waals surface area (Å²) in [5.41, 5.74) is 5.88. The SMILES string of the molecule is CN(c1ccccc1)c1ncnc2scc(-c3ccc(-c4ccccc4)cc3)c12. The molecule has 0 spiro atoms. The quantitative estimate of drug-likeness (QED) is 0.336. The Bertz CT molecular complexity index is 1250. The number of thiophene rings is 1. The lowest BCUT2D eigenvalue weighted by Crippen LogP contribution is -2.11. The fourth-order valence-electron chi connectivity index (χ4n) is 3.57. The van der Waals surface area contributed by atoms with Gasteiger partial charge in [-0.25, -0.2) is 9.97 Å². The predicted molar refractivity (Wildman–Crippen MR) is 123 cm³/mol. The molecule has 0 fully saturated rings. The molecule has 0 bridgehead atoms. The molecule has 2 heterocycles. The number of anilines is 2. The lowest BCUT2D eigenvalue weighted by molar-refractivity contribution is 1.12. The Labute approximate surface area is 173 Å². The van der Waals surface area contributed by atoms with Crippen LogP contribution in [0.15, 0.2) is 96.6 Å². The van der Waals surface area contributed by atoms with Gasteiger partial charge in [0.1, 0.15) is 17.0 Å². The van der Waals surface area contributed by atoms with Gasteiger partial charge < -0.3 is 4.90 Å². The van der Waals surface area contributed by atoms with Gasteiger partial charge in [-0.1, -0.05) is 72.8 Å². The Hall–Kier alpha value is -3.50. The summed E-state index contributed by atoms with van der Waals surface area (Å²) < 4.78 is 0. The highest BCUT2D eigenvalue weighted by Crippen LogP contribution is 2.39. The van der Waals surface area contributed by atoms with Gasteiger partial charge in [-0.15, -0.1) is 11.3 Å². The number of hydrogen-bond donors (Lipinski definition) is 0. The van der Waals surface area contributed by atoms with Gasteiger partial charge in [0, 0.05) is 23.7 Å². The monoisotopic (exact) mass is 393 g/mol. The van der Waals surface area contributed by atoms with E-state index in [1.54, 1.807) is 17.7 Å². The Balaban J connectivity index is 1.59. The van der Waals surface area contributed by atoms with E-state index in [1.807, 2.05) is 24.3 Å². The van der Waals surface area contributed by atoms with Gasteiger partial charge in [-0.05, 0) is 28.8 Å². The third-order valence-corrected chi connectivity index (χ3v) is 6.00. The largest absolute Gasteiger partial charge is 0.329 e. The number of para-hydroxylation sites is 1. The van der Waals surface area contributed by atoms with E-state index in [0.29, 0.717) is 0 Å². The third-order valence-electron chi connectivity index (χ3n) is 5.11. The molecule has 3 nitrogen and oxygen atoms in total. The van der Waals surface area contributed by atoms with Gasteiger partial charge >= 0.3 is 0 Å². The molecule has 5 aromatic rings. The zero-order chi connectivity index (χ0) is 19.6. The average Bonchev–Trinajstić information content (AvgIpc) is 3.24. The first-order valence-electron chi connectivity index (χ1n) is 9.48. The highest BCUT2D eigenvalue weighted by atomic mass is 32.1. The zero-order valence-electron chi connectivity index (χ0n) is 16.0. The summed E-state index contributed by atoms with van der Waals surface area (Å²) >= 11 is 1.66. The normalized spacial score (nSPS) is 10.9.